The number of aryl methyl sites for hydroxylation is 3. The number of benzene rings is 1. The highest BCUT2D eigenvalue weighted by atomic mass is 79.9. The Morgan fingerprint density at radius 3 is 2.00 bits per heavy atom. The summed E-state index contributed by atoms with van der Waals surface area (Å²) in [6.45, 7) is 9.14. The molecule has 0 bridgehead atoms. The molecule has 0 atom stereocenters. The number of nitrogens with zero attached hydrogens (tertiary/aromatic N) is 1. The molecule has 0 unspecified atom stereocenters. The maximum Gasteiger partial charge on any atom is 0.263 e. The molecule has 0 N–H and O–H groups in total. The summed E-state index contributed by atoms with van der Waals surface area (Å²) < 4.78 is 3.74. The minimum Gasteiger partial charge on any atom is -0.274 e. The first-order chi connectivity index (χ1) is 18.8. The number of rotatable bonds is 9. The highest BCUT2D eigenvalue weighted by molar-refractivity contribution is 9.11. The molecule has 0 spiro atoms. The predicted octanol–water partition coefficient (Wildman–Crippen LogP) is 11.2. The number of carbonyl (C=O) groups is 2. The zero-order chi connectivity index (χ0) is 27.4. The van der Waals surface area contributed by atoms with E-state index < -0.39 is 0 Å². The molecule has 1 aliphatic heterocycles. The monoisotopic (exact) mass is 655 g/mol. The Morgan fingerprint density at radius 1 is 0.718 bits per heavy atom. The van der Waals surface area contributed by atoms with Gasteiger partial charge in [0.25, 0.3) is 11.8 Å². The predicted molar refractivity (Wildman–Crippen MR) is 174 cm³/mol. The first kappa shape index (κ1) is 27.3. The van der Waals surface area contributed by atoms with Crippen LogP contribution in [0.2, 0.25) is 0 Å². The van der Waals surface area contributed by atoms with Gasteiger partial charge in [0.2, 0.25) is 0 Å². The second kappa shape index (κ2) is 10.9. The van der Waals surface area contributed by atoms with Gasteiger partial charge in [-0.25, -0.2) is 0 Å². The summed E-state index contributed by atoms with van der Waals surface area (Å²) in [5, 5.41) is 2.56. The number of fused-ring (bicyclic) bond motifs is 3. The first-order valence-electron chi connectivity index (χ1n) is 13.5. The van der Waals surface area contributed by atoms with Gasteiger partial charge in [-0.1, -0.05) is 39.0 Å². The van der Waals surface area contributed by atoms with E-state index in [9.17, 15) is 9.59 Å². The van der Waals surface area contributed by atoms with E-state index in [4.69, 9.17) is 0 Å². The molecule has 39 heavy (non-hydrogen) atoms. The van der Waals surface area contributed by atoms with Crippen LogP contribution in [0.3, 0.4) is 0 Å². The molecule has 0 radical (unpaired) electrons. The maximum absolute atomic E-state index is 13.6. The molecular formula is C31H30BrNO2S4. The zero-order valence-electron chi connectivity index (χ0n) is 22.5. The van der Waals surface area contributed by atoms with E-state index in [-0.39, 0.29) is 11.8 Å². The standard InChI is InChI=1S/C31H30BrNO2S4/c1-5-6-7-8-9-10-13-33-30(34)25-18(4)36-29(26(25)31(33)35)23-15-20-17(3)27-19(16(2)28(20)39-23)14-22(38-27)21-11-12-24(32)37-21/h11-12,14-15H,5-10,13H2,1-4H3. The lowest BCUT2D eigenvalue weighted by molar-refractivity contribution is 0.0651. The van der Waals surface area contributed by atoms with E-state index in [2.05, 4.69) is 61.0 Å². The van der Waals surface area contributed by atoms with Crippen LogP contribution in [0.15, 0.2) is 28.1 Å². The smallest absolute Gasteiger partial charge is 0.263 e. The molecule has 5 heterocycles. The van der Waals surface area contributed by atoms with Gasteiger partial charge in [0, 0.05) is 35.5 Å². The van der Waals surface area contributed by atoms with E-state index in [0.717, 1.165) is 31.3 Å². The summed E-state index contributed by atoms with van der Waals surface area (Å²) >= 11 is 10.6. The average Bonchev–Trinajstić information content (AvgIpc) is 3.72. The third-order valence-corrected chi connectivity index (χ3v) is 13.3. The summed E-state index contributed by atoms with van der Waals surface area (Å²) in [4.78, 5) is 33.9. The fourth-order valence-electron chi connectivity index (χ4n) is 5.62. The largest absolute Gasteiger partial charge is 0.274 e. The van der Waals surface area contributed by atoms with Gasteiger partial charge in [0.05, 0.1) is 19.8 Å². The number of amides is 2. The van der Waals surface area contributed by atoms with E-state index >= 15 is 0 Å². The van der Waals surface area contributed by atoms with Crippen LogP contribution in [-0.2, 0) is 0 Å². The fourth-order valence-corrected chi connectivity index (χ4v) is 10.8. The lowest BCUT2D eigenvalue weighted by Crippen LogP contribution is -2.31. The van der Waals surface area contributed by atoms with Crippen LogP contribution in [0.4, 0.5) is 0 Å². The Balaban J connectivity index is 1.34. The number of hydrogen-bond donors (Lipinski definition) is 0. The minimum absolute atomic E-state index is 0.106. The summed E-state index contributed by atoms with van der Waals surface area (Å²) in [7, 11) is 0. The molecule has 4 aromatic heterocycles. The molecule has 8 heteroatoms. The van der Waals surface area contributed by atoms with Crippen LogP contribution < -0.4 is 0 Å². The van der Waals surface area contributed by atoms with Gasteiger partial charge in [-0.05, 0) is 89.3 Å². The third-order valence-electron chi connectivity index (χ3n) is 7.73. The fraction of sp³-hybridized carbons (Fsp3) is 0.355. The molecule has 0 saturated heterocycles. The van der Waals surface area contributed by atoms with Crippen molar-refractivity contribution >= 4 is 93.3 Å². The van der Waals surface area contributed by atoms with Gasteiger partial charge in [0.15, 0.2) is 0 Å². The Bertz CT molecular complexity index is 1690. The highest BCUT2D eigenvalue weighted by Gasteiger charge is 2.41. The lowest BCUT2D eigenvalue weighted by atomic mass is 10.0. The van der Waals surface area contributed by atoms with Gasteiger partial charge in [-0.2, -0.15) is 0 Å². The quantitative estimate of drug-likeness (QED) is 0.117. The molecule has 3 nitrogen and oxygen atoms in total. The number of unbranched alkanes of at least 4 members (excludes halogenated alkanes) is 5. The Morgan fingerprint density at radius 2 is 1.33 bits per heavy atom. The van der Waals surface area contributed by atoms with Crippen LogP contribution in [0.5, 0.6) is 0 Å². The van der Waals surface area contributed by atoms with E-state index in [1.807, 2.05) is 18.3 Å². The second-order valence-electron chi connectivity index (χ2n) is 10.3. The number of carbonyl (C=O) groups excluding carboxylic acids is 2. The van der Waals surface area contributed by atoms with Crippen molar-refractivity contribution in [1.82, 2.24) is 4.90 Å². The maximum atomic E-state index is 13.6. The Hall–Kier alpha value is -1.84. The van der Waals surface area contributed by atoms with Crippen LogP contribution in [0.25, 0.3) is 39.7 Å². The average molecular weight is 657 g/mol. The van der Waals surface area contributed by atoms with E-state index in [1.54, 1.807) is 34.0 Å². The van der Waals surface area contributed by atoms with Crippen molar-refractivity contribution in [2.45, 2.75) is 66.2 Å². The van der Waals surface area contributed by atoms with Crippen LogP contribution in [0, 0.1) is 20.8 Å². The van der Waals surface area contributed by atoms with Gasteiger partial charge in [-0.3, -0.25) is 14.5 Å². The summed E-state index contributed by atoms with van der Waals surface area (Å²) in [5.74, 6) is -0.216. The van der Waals surface area contributed by atoms with Gasteiger partial charge in [-0.15, -0.1) is 45.3 Å². The van der Waals surface area contributed by atoms with Crippen LogP contribution in [-0.4, -0.2) is 23.3 Å². The highest BCUT2D eigenvalue weighted by Crippen LogP contribution is 2.49. The van der Waals surface area contributed by atoms with Crippen molar-refractivity contribution < 1.29 is 9.59 Å². The van der Waals surface area contributed by atoms with Crippen molar-refractivity contribution in [2.75, 3.05) is 6.54 Å². The number of imide groups is 1. The molecule has 1 aromatic carbocycles. The number of thiophene rings is 4. The summed E-state index contributed by atoms with van der Waals surface area (Å²) in [6, 6.07) is 8.87. The van der Waals surface area contributed by atoms with Crippen molar-refractivity contribution in [2.24, 2.45) is 0 Å². The van der Waals surface area contributed by atoms with E-state index in [1.165, 1.54) is 71.6 Å². The van der Waals surface area contributed by atoms with Gasteiger partial charge in [0.1, 0.15) is 0 Å². The molecule has 0 aliphatic carbocycles. The molecule has 0 fully saturated rings. The van der Waals surface area contributed by atoms with Crippen LogP contribution >= 0.6 is 61.3 Å². The second-order valence-corrected chi connectivity index (χ2v) is 16.1. The molecule has 5 aromatic rings. The summed E-state index contributed by atoms with van der Waals surface area (Å²) in [6.07, 6.45) is 6.80. The van der Waals surface area contributed by atoms with Crippen molar-refractivity contribution in [3.63, 3.8) is 0 Å². The van der Waals surface area contributed by atoms with Crippen molar-refractivity contribution in [3.05, 3.63) is 55.2 Å². The van der Waals surface area contributed by atoms with Crippen LogP contribution in [0.1, 0.15) is 82.2 Å². The molecule has 202 valence electrons. The molecule has 1 aliphatic rings. The zero-order valence-corrected chi connectivity index (χ0v) is 27.4. The molecule has 0 saturated carbocycles. The Kier molecular flexibility index (Phi) is 7.61. The summed E-state index contributed by atoms with van der Waals surface area (Å²) in [5.41, 5.74) is 3.83. The topological polar surface area (TPSA) is 37.4 Å². The molecule has 2 amide bonds. The van der Waals surface area contributed by atoms with Crippen molar-refractivity contribution in [1.29, 1.82) is 0 Å². The first-order valence-corrected chi connectivity index (χ1v) is 17.6. The van der Waals surface area contributed by atoms with Crippen molar-refractivity contribution in [3.8, 4) is 19.5 Å². The Labute approximate surface area is 253 Å². The van der Waals surface area contributed by atoms with Gasteiger partial charge < -0.3 is 0 Å². The molecular weight excluding hydrogens is 627 g/mol. The SMILES string of the molecule is CCCCCCCCN1C(=O)c2c(C)sc(-c3cc4c(C)c5sc(-c6ccc(Br)s6)cc5c(C)c4s3)c2C1=O. The number of hydrogen-bond acceptors (Lipinski definition) is 6. The molecule has 6 rings (SSSR count). The minimum atomic E-state index is -0.110. The van der Waals surface area contributed by atoms with E-state index in [0.29, 0.717) is 17.7 Å². The van der Waals surface area contributed by atoms with Gasteiger partial charge >= 0.3 is 0 Å². The lowest BCUT2D eigenvalue weighted by Gasteiger charge is -2.14. The third kappa shape index (κ3) is 4.66. The normalized spacial score (nSPS) is 13.5. The number of halogens is 1.